The molecule has 2 rings (SSSR count). The second kappa shape index (κ2) is 4.01. The Labute approximate surface area is 85.9 Å². The molecule has 1 aromatic rings. The van der Waals surface area contributed by atoms with Crippen molar-refractivity contribution in [2.24, 2.45) is 0 Å². The number of anilines is 1. The zero-order valence-corrected chi connectivity index (χ0v) is 9.01. The van der Waals surface area contributed by atoms with Crippen LogP contribution in [0.2, 0.25) is 0 Å². The second-order valence-corrected chi connectivity index (χ2v) is 3.84. The number of nitrogens with one attached hydrogen (secondary N) is 1. The van der Waals surface area contributed by atoms with Gasteiger partial charge in [-0.05, 0) is 25.0 Å². The van der Waals surface area contributed by atoms with Gasteiger partial charge in [0.2, 0.25) is 0 Å². The zero-order valence-electron chi connectivity index (χ0n) is 9.01. The van der Waals surface area contributed by atoms with Crippen LogP contribution < -0.4 is 10.2 Å². The summed E-state index contributed by atoms with van der Waals surface area (Å²) >= 11 is 0. The number of para-hydroxylation sites is 1. The van der Waals surface area contributed by atoms with Gasteiger partial charge in [0.1, 0.15) is 0 Å². The van der Waals surface area contributed by atoms with Crippen LogP contribution in [0.4, 0.5) is 5.69 Å². The molecule has 14 heavy (non-hydrogen) atoms. The van der Waals surface area contributed by atoms with E-state index < -0.39 is 0 Å². The highest BCUT2D eigenvalue weighted by atomic mass is 15.2. The number of hydrogen-bond acceptors (Lipinski definition) is 2. The summed E-state index contributed by atoms with van der Waals surface area (Å²) < 4.78 is 0. The van der Waals surface area contributed by atoms with Crippen molar-refractivity contribution in [3.8, 4) is 0 Å². The van der Waals surface area contributed by atoms with E-state index in [2.05, 4.69) is 42.3 Å². The normalized spacial score (nSPS) is 16.3. The molecule has 1 aliphatic rings. The number of benzene rings is 1. The van der Waals surface area contributed by atoms with E-state index in [1.54, 1.807) is 0 Å². The molecule has 0 saturated carbocycles. The second-order valence-electron chi connectivity index (χ2n) is 3.84. The molecule has 1 heterocycles. The first-order valence-corrected chi connectivity index (χ1v) is 5.37. The van der Waals surface area contributed by atoms with Crippen molar-refractivity contribution < 1.29 is 0 Å². The third-order valence-electron chi connectivity index (χ3n) is 2.89. The zero-order chi connectivity index (χ0) is 9.97. The molecule has 0 saturated heterocycles. The smallest absolute Gasteiger partial charge is 0.0441 e. The van der Waals surface area contributed by atoms with Crippen LogP contribution in [0.25, 0.3) is 0 Å². The molecular weight excluding hydrogens is 172 g/mol. The van der Waals surface area contributed by atoms with Crippen molar-refractivity contribution in [2.75, 3.05) is 24.5 Å². The third kappa shape index (κ3) is 1.62. The van der Waals surface area contributed by atoms with Crippen LogP contribution in [0, 0.1) is 6.92 Å². The number of fused-ring (bicyclic) bond motifs is 1. The maximum Gasteiger partial charge on any atom is 0.0441 e. The average molecular weight is 190 g/mol. The van der Waals surface area contributed by atoms with Gasteiger partial charge in [0.05, 0.1) is 0 Å². The van der Waals surface area contributed by atoms with E-state index in [0.717, 1.165) is 26.2 Å². The van der Waals surface area contributed by atoms with Crippen LogP contribution in [0.5, 0.6) is 0 Å². The molecule has 0 atom stereocenters. The van der Waals surface area contributed by atoms with Crippen LogP contribution in [0.1, 0.15) is 18.1 Å². The van der Waals surface area contributed by atoms with E-state index in [-0.39, 0.29) is 0 Å². The number of hydrogen-bond donors (Lipinski definition) is 1. The van der Waals surface area contributed by atoms with Crippen molar-refractivity contribution in [3.63, 3.8) is 0 Å². The van der Waals surface area contributed by atoms with E-state index in [1.807, 2.05) is 0 Å². The van der Waals surface area contributed by atoms with Crippen LogP contribution >= 0.6 is 0 Å². The van der Waals surface area contributed by atoms with Gasteiger partial charge >= 0.3 is 0 Å². The summed E-state index contributed by atoms with van der Waals surface area (Å²) in [6.07, 6.45) is 0. The highest BCUT2D eigenvalue weighted by Crippen LogP contribution is 2.26. The molecule has 0 amide bonds. The van der Waals surface area contributed by atoms with Crippen molar-refractivity contribution in [1.82, 2.24) is 5.32 Å². The Hall–Kier alpha value is -1.02. The number of rotatable bonds is 1. The number of nitrogens with zero attached hydrogens (tertiary/aromatic N) is 1. The molecule has 0 bridgehead atoms. The van der Waals surface area contributed by atoms with Gasteiger partial charge in [0, 0.05) is 31.9 Å². The fraction of sp³-hybridized carbons (Fsp3) is 0.500. The predicted molar refractivity (Wildman–Crippen MR) is 60.8 cm³/mol. The van der Waals surface area contributed by atoms with Gasteiger partial charge < -0.3 is 10.2 Å². The predicted octanol–water partition coefficient (Wildman–Crippen LogP) is 1.92. The number of aryl methyl sites for hydroxylation is 1. The molecular formula is C12H18N2. The van der Waals surface area contributed by atoms with Gasteiger partial charge in [0.15, 0.2) is 0 Å². The summed E-state index contributed by atoms with van der Waals surface area (Å²) in [5.74, 6) is 0. The summed E-state index contributed by atoms with van der Waals surface area (Å²) in [6, 6.07) is 6.57. The van der Waals surface area contributed by atoms with Gasteiger partial charge in [-0.15, -0.1) is 0 Å². The molecule has 0 aliphatic carbocycles. The Morgan fingerprint density at radius 3 is 3.07 bits per heavy atom. The highest BCUT2D eigenvalue weighted by Gasteiger charge is 2.14. The van der Waals surface area contributed by atoms with E-state index in [9.17, 15) is 0 Å². The number of likely N-dealkylation sites (N-methyl/N-ethyl adjacent to an activating group) is 1. The minimum Gasteiger partial charge on any atom is -0.370 e. The molecule has 0 fully saturated rings. The van der Waals surface area contributed by atoms with Gasteiger partial charge in [-0.25, -0.2) is 0 Å². The maximum atomic E-state index is 3.45. The van der Waals surface area contributed by atoms with Crippen LogP contribution in [-0.2, 0) is 6.54 Å². The fourth-order valence-electron chi connectivity index (χ4n) is 2.18. The summed E-state index contributed by atoms with van der Waals surface area (Å²) in [5.41, 5.74) is 4.28. The average Bonchev–Trinajstić information content (AvgIpc) is 2.40. The molecule has 0 spiro atoms. The van der Waals surface area contributed by atoms with E-state index >= 15 is 0 Å². The Morgan fingerprint density at radius 2 is 2.29 bits per heavy atom. The standard InChI is InChI=1S/C12H18N2/c1-3-14-8-7-13-9-11-6-4-5-10(2)12(11)14/h4-6,13H,3,7-9H2,1-2H3. The van der Waals surface area contributed by atoms with Crippen LogP contribution in [-0.4, -0.2) is 19.6 Å². The van der Waals surface area contributed by atoms with E-state index in [1.165, 1.54) is 16.8 Å². The van der Waals surface area contributed by atoms with E-state index in [0.29, 0.717) is 0 Å². The summed E-state index contributed by atoms with van der Waals surface area (Å²) in [6.45, 7) is 8.73. The van der Waals surface area contributed by atoms with Crippen molar-refractivity contribution in [3.05, 3.63) is 29.3 Å². The van der Waals surface area contributed by atoms with Crippen molar-refractivity contribution >= 4 is 5.69 Å². The summed E-state index contributed by atoms with van der Waals surface area (Å²) in [4.78, 5) is 2.46. The maximum absolute atomic E-state index is 3.45. The molecule has 2 nitrogen and oxygen atoms in total. The Bertz CT molecular complexity index is 320. The first kappa shape index (κ1) is 9.53. The molecule has 0 unspecified atom stereocenters. The van der Waals surface area contributed by atoms with Gasteiger partial charge in [-0.3, -0.25) is 0 Å². The van der Waals surface area contributed by atoms with Crippen LogP contribution in [0.15, 0.2) is 18.2 Å². The van der Waals surface area contributed by atoms with Gasteiger partial charge in [-0.1, -0.05) is 18.2 Å². The fourth-order valence-corrected chi connectivity index (χ4v) is 2.18. The monoisotopic (exact) mass is 190 g/mol. The Balaban J connectivity index is 2.45. The Kier molecular flexibility index (Phi) is 2.73. The lowest BCUT2D eigenvalue weighted by Gasteiger charge is -2.24. The lowest BCUT2D eigenvalue weighted by molar-refractivity contribution is 0.695. The van der Waals surface area contributed by atoms with Crippen molar-refractivity contribution in [2.45, 2.75) is 20.4 Å². The highest BCUT2D eigenvalue weighted by molar-refractivity contribution is 5.59. The largest absolute Gasteiger partial charge is 0.370 e. The van der Waals surface area contributed by atoms with Crippen molar-refractivity contribution in [1.29, 1.82) is 0 Å². The molecule has 1 aromatic carbocycles. The molecule has 2 heteroatoms. The minimum absolute atomic E-state index is 1.01. The lowest BCUT2D eigenvalue weighted by Crippen LogP contribution is -2.28. The first-order chi connectivity index (χ1) is 6.83. The van der Waals surface area contributed by atoms with Gasteiger partial charge in [-0.2, -0.15) is 0 Å². The SMILES string of the molecule is CCN1CCNCc2cccc(C)c21. The topological polar surface area (TPSA) is 15.3 Å². The molecule has 0 radical (unpaired) electrons. The lowest BCUT2D eigenvalue weighted by atomic mass is 10.1. The Morgan fingerprint density at radius 1 is 1.43 bits per heavy atom. The third-order valence-corrected chi connectivity index (χ3v) is 2.89. The summed E-state index contributed by atoms with van der Waals surface area (Å²) in [5, 5.41) is 3.45. The first-order valence-electron chi connectivity index (χ1n) is 5.37. The van der Waals surface area contributed by atoms with E-state index in [4.69, 9.17) is 0 Å². The minimum atomic E-state index is 1.01. The quantitative estimate of drug-likeness (QED) is 0.728. The van der Waals surface area contributed by atoms with Gasteiger partial charge in [0.25, 0.3) is 0 Å². The summed E-state index contributed by atoms with van der Waals surface area (Å²) in [7, 11) is 0. The molecule has 1 N–H and O–H groups in total. The molecule has 76 valence electrons. The molecule has 1 aliphatic heterocycles. The van der Waals surface area contributed by atoms with Crippen LogP contribution in [0.3, 0.4) is 0 Å². The molecule has 0 aromatic heterocycles.